The Labute approximate surface area is 419 Å². The van der Waals surface area contributed by atoms with E-state index in [0.717, 1.165) is 65.8 Å². The van der Waals surface area contributed by atoms with E-state index in [4.69, 9.17) is 19.4 Å². The Morgan fingerprint density at radius 1 is 0.365 bits per heavy atom. The third kappa shape index (κ3) is 6.05. The van der Waals surface area contributed by atoms with E-state index in [0.29, 0.717) is 44.8 Å². The third-order valence-electron chi connectivity index (χ3n) is 14.5. The Morgan fingerprint density at radius 3 is 1.22 bits per heavy atom. The molecule has 0 N–H and O–H groups in total. The number of fused-ring (bicyclic) bond motifs is 15. The van der Waals surface area contributed by atoms with Gasteiger partial charge in [0.15, 0.2) is 17.5 Å². The fraction of sp³-hybridized carbons (Fsp3) is 0.0156. The highest BCUT2D eigenvalue weighted by molar-refractivity contribution is 6.40. The third-order valence-corrected chi connectivity index (χ3v) is 14.5. The van der Waals surface area contributed by atoms with Crippen molar-refractivity contribution < 1.29 is 17.6 Å². The van der Waals surface area contributed by atoms with Crippen LogP contribution in [0.3, 0.4) is 0 Å². The summed E-state index contributed by atoms with van der Waals surface area (Å²) in [5, 5.41) is 6.10. The predicted octanol–water partition coefficient (Wildman–Crippen LogP) is 17.1. The van der Waals surface area contributed by atoms with Gasteiger partial charge < -0.3 is 18.1 Å². The van der Waals surface area contributed by atoms with Crippen molar-refractivity contribution in [2.24, 2.45) is 0 Å². The second-order valence-electron chi connectivity index (χ2n) is 18.6. The average molecular weight is 963 g/mol. The van der Waals surface area contributed by atoms with Crippen molar-refractivity contribution in [3.8, 4) is 51.2 Å². The summed E-state index contributed by atoms with van der Waals surface area (Å²) >= 11 is 0. The van der Waals surface area contributed by atoms with E-state index in [2.05, 4.69) is 63.7 Å². The van der Waals surface area contributed by atoms with Gasteiger partial charge in [0.2, 0.25) is 0 Å². The first-order chi connectivity index (χ1) is 36.4. The first kappa shape index (κ1) is 41.9. The maximum atomic E-state index is 17.0. The number of halogens is 3. The van der Waals surface area contributed by atoms with Crippen LogP contribution in [0.25, 0.3) is 139 Å². The Balaban J connectivity index is 1.19. The van der Waals surface area contributed by atoms with Crippen molar-refractivity contribution in [1.29, 1.82) is 0 Å². The standard InChI is InChI=1S/C64H37F3N6O/c65-64(66,67)47-37-46(63-69-61(38-21-5-1-6-22-38)68-62(70-63)39-23-7-2-8-24-39)60-55(45-32-16-20-36-51(45)74-60)56(47)73-50-35-19-15-31-44(50)54-58-52(42-29-13-17-33-48(42)71(58)40-25-9-3-10-26-40)57-53(59(54)73)43-30-14-18-34-49(43)72(57)41-27-11-4-12-28-41/h1-37H. The van der Waals surface area contributed by atoms with Gasteiger partial charge >= 0.3 is 6.18 Å². The van der Waals surface area contributed by atoms with Crippen LogP contribution in [0.5, 0.6) is 0 Å². The van der Waals surface area contributed by atoms with Gasteiger partial charge in [0.25, 0.3) is 0 Å². The molecule has 0 saturated carbocycles. The highest BCUT2D eigenvalue weighted by Crippen LogP contribution is 2.53. The summed E-state index contributed by atoms with van der Waals surface area (Å²) in [6.07, 6.45) is -4.91. The smallest absolute Gasteiger partial charge is 0.418 e. The fourth-order valence-electron chi connectivity index (χ4n) is 11.5. The normalized spacial score (nSPS) is 12.3. The van der Waals surface area contributed by atoms with Gasteiger partial charge in [-0.2, -0.15) is 13.2 Å². The Bertz CT molecular complexity index is 4620. The highest BCUT2D eigenvalue weighted by atomic mass is 19.4. The molecular weight excluding hydrogens is 926 g/mol. The second-order valence-corrected chi connectivity index (χ2v) is 18.6. The topological polar surface area (TPSA) is 66.6 Å². The lowest BCUT2D eigenvalue weighted by molar-refractivity contribution is -0.137. The van der Waals surface area contributed by atoms with Crippen molar-refractivity contribution in [3.05, 3.63) is 230 Å². The molecule has 0 fully saturated rings. The molecule has 0 aliphatic carbocycles. The summed E-state index contributed by atoms with van der Waals surface area (Å²) in [5.74, 6) is 0.672. The summed E-state index contributed by atoms with van der Waals surface area (Å²) in [5.41, 5.74) is 7.85. The van der Waals surface area contributed by atoms with Gasteiger partial charge in [-0.1, -0.05) is 170 Å². The monoisotopic (exact) mass is 962 g/mol. The summed E-state index contributed by atoms with van der Waals surface area (Å²) in [6, 6.07) is 72.2. The van der Waals surface area contributed by atoms with E-state index in [1.807, 2.05) is 162 Å². The largest absolute Gasteiger partial charge is 0.455 e. The molecule has 5 aromatic heterocycles. The highest BCUT2D eigenvalue weighted by Gasteiger charge is 2.40. The minimum absolute atomic E-state index is 0.0449. The molecule has 0 radical (unpaired) electrons. The minimum Gasteiger partial charge on any atom is -0.455 e. The molecule has 74 heavy (non-hydrogen) atoms. The number of hydrogen-bond donors (Lipinski definition) is 0. The SMILES string of the molecule is FC(F)(F)c1cc(-c2nc(-c3ccccc3)nc(-c3ccccc3)n2)c2oc3ccccc3c2c1-n1c2ccccc2c2c3c(c4ccccc4n3-c3ccccc3)c3c(c4ccccc4n3-c3ccccc3)c21. The van der Waals surface area contributed by atoms with Gasteiger partial charge in [0.1, 0.15) is 11.2 Å². The number of hydrogen-bond acceptors (Lipinski definition) is 4. The number of alkyl halides is 3. The number of para-hydroxylation sites is 6. The quantitative estimate of drug-likeness (QED) is 0.167. The molecular formula is C64H37F3N6O. The molecule has 0 saturated heterocycles. The van der Waals surface area contributed by atoms with E-state index in [1.165, 1.54) is 6.07 Å². The second kappa shape index (κ2) is 15.9. The van der Waals surface area contributed by atoms with Crippen molar-refractivity contribution >= 4 is 87.4 Å². The van der Waals surface area contributed by atoms with Gasteiger partial charge in [-0.3, -0.25) is 0 Å². The number of nitrogens with zero attached hydrogens (tertiary/aromatic N) is 6. The zero-order valence-electron chi connectivity index (χ0n) is 39.1. The van der Waals surface area contributed by atoms with Crippen LogP contribution >= 0.6 is 0 Å². The van der Waals surface area contributed by atoms with E-state index in [1.54, 1.807) is 6.07 Å². The average Bonchev–Trinajstić information content (AvgIpc) is 4.36. The molecule has 10 heteroatoms. The van der Waals surface area contributed by atoms with Crippen molar-refractivity contribution in [2.45, 2.75) is 6.18 Å². The van der Waals surface area contributed by atoms with Crippen molar-refractivity contribution in [3.63, 3.8) is 0 Å². The maximum Gasteiger partial charge on any atom is 0.418 e. The van der Waals surface area contributed by atoms with Crippen LogP contribution in [0.4, 0.5) is 13.2 Å². The van der Waals surface area contributed by atoms with Crippen LogP contribution in [-0.4, -0.2) is 28.7 Å². The molecule has 0 unspecified atom stereocenters. The molecule has 15 rings (SSSR count). The Morgan fingerprint density at radius 2 is 0.743 bits per heavy atom. The van der Waals surface area contributed by atoms with E-state index >= 15 is 13.2 Å². The lowest BCUT2D eigenvalue weighted by Crippen LogP contribution is -2.12. The molecule has 0 spiro atoms. The van der Waals surface area contributed by atoms with Crippen LogP contribution < -0.4 is 0 Å². The van der Waals surface area contributed by atoms with Crippen LogP contribution in [-0.2, 0) is 6.18 Å². The summed E-state index contributed by atoms with van der Waals surface area (Å²) in [6.45, 7) is 0. The molecule has 10 aromatic carbocycles. The molecule has 15 aromatic rings. The summed E-state index contributed by atoms with van der Waals surface area (Å²) in [4.78, 5) is 14.8. The molecule has 0 aliphatic heterocycles. The zero-order valence-corrected chi connectivity index (χ0v) is 39.1. The number of rotatable bonds is 6. The van der Waals surface area contributed by atoms with Crippen molar-refractivity contribution in [1.82, 2.24) is 28.7 Å². The molecule has 0 atom stereocenters. The summed E-state index contributed by atoms with van der Waals surface area (Å²) < 4.78 is 64.4. The first-order valence-electron chi connectivity index (χ1n) is 24.4. The van der Waals surface area contributed by atoms with Gasteiger partial charge in [0.05, 0.1) is 55.3 Å². The number of aromatic nitrogens is 6. The van der Waals surface area contributed by atoms with Gasteiger partial charge in [-0.25, -0.2) is 15.0 Å². The molecule has 7 nitrogen and oxygen atoms in total. The lowest BCUT2D eigenvalue weighted by atomic mass is 9.99. The Kier molecular flexibility index (Phi) is 8.98. The van der Waals surface area contributed by atoms with E-state index in [9.17, 15) is 0 Å². The van der Waals surface area contributed by atoms with Gasteiger partial charge in [0, 0.05) is 60.2 Å². The fourth-order valence-corrected chi connectivity index (χ4v) is 11.5. The lowest BCUT2D eigenvalue weighted by Gasteiger charge is -2.20. The van der Waals surface area contributed by atoms with Crippen LogP contribution in [0.15, 0.2) is 229 Å². The maximum absolute atomic E-state index is 17.0. The molecule has 0 amide bonds. The molecule has 0 aliphatic rings. The number of furan rings is 1. The van der Waals surface area contributed by atoms with Crippen LogP contribution in [0.1, 0.15) is 5.56 Å². The summed E-state index contributed by atoms with van der Waals surface area (Å²) in [7, 11) is 0. The van der Waals surface area contributed by atoms with E-state index < -0.39 is 11.7 Å². The van der Waals surface area contributed by atoms with Gasteiger partial charge in [-0.05, 0) is 54.6 Å². The van der Waals surface area contributed by atoms with Gasteiger partial charge in [-0.15, -0.1) is 0 Å². The van der Waals surface area contributed by atoms with Crippen molar-refractivity contribution in [2.75, 3.05) is 0 Å². The predicted molar refractivity (Wildman–Crippen MR) is 291 cm³/mol. The van der Waals surface area contributed by atoms with E-state index in [-0.39, 0.29) is 28.0 Å². The van der Waals surface area contributed by atoms with Crippen LogP contribution in [0.2, 0.25) is 0 Å². The zero-order chi connectivity index (χ0) is 49.2. The molecule has 5 heterocycles. The Hall–Kier alpha value is -9.80. The number of benzene rings is 10. The molecule has 350 valence electrons. The van der Waals surface area contributed by atoms with Crippen LogP contribution in [0, 0.1) is 0 Å². The first-order valence-corrected chi connectivity index (χ1v) is 24.4. The molecule has 0 bridgehead atoms. The minimum atomic E-state index is -4.91.